The number of carbonyl (C=O) groups excluding carboxylic acids is 3. The Labute approximate surface area is 127 Å². The first-order valence-corrected chi connectivity index (χ1v) is 6.38. The molecule has 0 aliphatic rings. The third-order valence-corrected chi connectivity index (χ3v) is 2.72. The standard InChI is InChI=1S/C14H18N2O6/c1-8(12(17)16-14(19)15-2)22-10-6-5-9(13(18)21-4)7-11(10)20-3/h5-8H,1-4H3,(H2,15,16,17,19). The molecule has 1 aromatic rings. The Bertz CT molecular complexity index is 572. The Hall–Kier alpha value is -2.77. The summed E-state index contributed by atoms with van der Waals surface area (Å²) in [6.07, 6.45) is -0.935. The topological polar surface area (TPSA) is 103 Å². The van der Waals surface area contributed by atoms with Crippen molar-refractivity contribution in [1.29, 1.82) is 0 Å². The number of amides is 3. The van der Waals surface area contributed by atoms with Crippen molar-refractivity contribution in [2.75, 3.05) is 21.3 Å². The molecule has 0 aromatic heterocycles. The molecule has 3 amide bonds. The zero-order valence-corrected chi connectivity index (χ0v) is 12.8. The first-order valence-electron chi connectivity index (χ1n) is 6.38. The average Bonchev–Trinajstić information content (AvgIpc) is 2.53. The molecule has 1 unspecified atom stereocenters. The normalized spacial score (nSPS) is 11.1. The molecule has 0 radical (unpaired) electrons. The molecule has 0 saturated carbocycles. The van der Waals surface area contributed by atoms with E-state index in [-0.39, 0.29) is 17.1 Å². The molecule has 8 heteroatoms. The molecule has 0 spiro atoms. The summed E-state index contributed by atoms with van der Waals surface area (Å²) >= 11 is 0. The summed E-state index contributed by atoms with van der Waals surface area (Å²) < 4.78 is 15.2. The zero-order chi connectivity index (χ0) is 16.7. The summed E-state index contributed by atoms with van der Waals surface area (Å²) in [5.74, 6) is -0.606. The van der Waals surface area contributed by atoms with E-state index in [0.717, 1.165) is 0 Å². The van der Waals surface area contributed by atoms with Gasteiger partial charge in [0.25, 0.3) is 5.91 Å². The molecule has 0 aliphatic heterocycles. The van der Waals surface area contributed by atoms with Crippen molar-refractivity contribution in [3.63, 3.8) is 0 Å². The molecular weight excluding hydrogens is 292 g/mol. The van der Waals surface area contributed by atoms with Gasteiger partial charge in [0.15, 0.2) is 17.6 Å². The molecule has 0 fully saturated rings. The van der Waals surface area contributed by atoms with Crippen LogP contribution in [0.4, 0.5) is 4.79 Å². The van der Waals surface area contributed by atoms with Gasteiger partial charge < -0.3 is 19.5 Å². The molecule has 0 bridgehead atoms. The fraction of sp³-hybridized carbons (Fsp3) is 0.357. The lowest BCUT2D eigenvalue weighted by Gasteiger charge is -2.16. The van der Waals surface area contributed by atoms with E-state index in [1.54, 1.807) is 0 Å². The average molecular weight is 310 g/mol. The first kappa shape index (κ1) is 17.3. The van der Waals surface area contributed by atoms with Crippen LogP contribution in [-0.2, 0) is 9.53 Å². The van der Waals surface area contributed by atoms with Gasteiger partial charge in [0.2, 0.25) is 0 Å². The highest BCUT2D eigenvalue weighted by Crippen LogP contribution is 2.29. The monoisotopic (exact) mass is 310 g/mol. The number of ether oxygens (including phenoxy) is 3. The fourth-order valence-corrected chi connectivity index (χ4v) is 1.53. The predicted molar refractivity (Wildman–Crippen MR) is 77.0 cm³/mol. The quantitative estimate of drug-likeness (QED) is 0.776. The Morgan fingerprint density at radius 3 is 2.36 bits per heavy atom. The van der Waals surface area contributed by atoms with Crippen LogP contribution in [0.3, 0.4) is 0 Å². The molecule has 22 heavy (non-hydrogen) atoms. The van der Waals surface area contributed by atoms with E-state index >= 15 is 0 Å². The van der Waals surface area contributed by atoms with Gasteiger partial charge in [-0.15, -0.1) is 0 Å². The van der Waals surface area contributed by atoms with E-state index in [0.29, 0.717) is 0 Å². The van der Waals surface area contributed by atoms with Crippen LogP contribution >= 0.6 is 0 Å². The maximum atomic E-state index is 11.7. The van der Waals surface area contributed by atoms with Gasteiger partial charge in [0.1, 0.15) is 0 Å². The summed E-state index contributed by atoms with van der Waals surface area (Å²) in [5, 5.41) is 4.36. The minimum absolute atomic E-state index is 0.259. The van der Waals surface area contributed by atoms with Gasteiger partial charge in [-0.1, -0.05) is 0 Å². The Kier molecular flexibility index (Phi) is 6.18. The van der Waals surface area contributed by atoms with Gasteiger partial charge in [-0.2, -0.15) is 0 Å². The van der Waals surface area contributed by atoms with Crippen molar-refractivity contribution < 1.29 is 28.6 Å². The van der Waals surface area contributed by atoms with Crippen LogP contribution in [0.25, 0.3) is 0 Å². The summed E-state index contributed by atoms with van der Waals surface area (Å²) in [4.78, 5) is 34.3. The van der Waals surface area contributed by atoms with Gasteiger partial charge in [0.05, 0.1) is 19.8 Å². The van der Waals surface area contributed by atoms with Crippen LogP contribution in [0, 0.1) is 0 Å². The van der Waals surface area contributed by atoms with E-state index < -0.39 is 24.0 Å². The van der Waals surface area contributed by atoms with Gasteiger partial charge in [0, 0.05) is 7.05 Å². The number of urea groups is 1. The van der Waals surface area contributed by atoms with E-state index in [9.17, 15) is 14.4 Å². The number of carbonyl (C=O) groups is 3. The van der Waals surface area contributed by atoms with Crippen molar-refractivity contribution >= 4 is 17.9 Å². The second-order valence-corrected chi connectivity index (χ2v) is 4.19. The van der Waals surface area contributed by atoms with Crippen molar-refractivity contribution in [2.24, 2.45) is 0 Å². The molecule has 1 atom stereocenters. The number of esters is 1. The van der Waals surface area contributed by atoms with Crippen molar-refractivity contribution in [2.45, 2.75) is 13.0 Å². The number of nitrogens with one attached hydrogen (secondary N) is 2. The Morgan fingerprint density at radius 2 is 1.82 bits per heavy atom. The van der Waals surface area contributed by atoms with Gasteiger partial charge in [-0.3, -0.25) is 10.1 Å². The number of hydrogen-bond donors (Lipinski definition) is 2. The van der Waals surface area contributed by atoms with Crippen molar-refractivity contribution in [3.8, 4) is 11.5 Å². The Morgan fingerprint density at radius 1 is 1.14 bits per heavy atom. The van der Waals surface area contributed by atoms with E-state index in [4.69, 9.17) is 9.47 Å². The van der Waals surface area contributed by atoms with E-state index in [1.807, 2.05) is 0 Å². The lowest BCUT2D eigenvalue weighted by atomic mass is 10.2. The summed E-state index contributed by atoms with van der Waals surface area (Å²) in [7, 11) is 4.06. The van der Waals surface area contributed by atoms with Crippen LogP contribution in [0.2, 0.25) is 0 Å². The largest absolute Gasteiger partial charge is 0.493 e. The van der Waals surface area contributed by atoms with Crippen LogP contribution in [-0.4, -0.2) is 45.3 Å². The summed E-state index contributed by atoms with van der Waals surface area (Å²) in [6.45, 7) is 1.48. The molecule has 0 aliphatic carbocycles. The Balaban J connectivity index is 2.86. The van der Waals surface area contributed by atoms with Gasteiger partial charge in [-0.05, 0) is 25.1 Å². The molecule has 8 nitrogen and oxygen atoms in total. The van der Waals surface area contributed by atoms with E-state index in [2.05, 4.69) is 15.4 Å². The highest BCUT2D eigenvalue weighted by atomic mass is 16.5. The SMILES string of the molecule is CNC(=O)NC(=O)C(C)Oc1ccc(C(=O)OC)cc1OC. The fourth-order valence-electron chi connectivity index (χ4n) is 1.53. The maximum Gasteiger partial charge on any atom is 0.337 e. The molecule has 0 saturated heterocycles. The molecule has 0 heterocycles. The van der Waals surface area contributed by atoms with Crippen LogP contribution < -0.4 is 20.1 Å². The van der Waals surface area contributed by atoms with Gasteiger partial charge >= 0.3 is 12.0 Å². The predicted octanol–water partition coefficient (Wildman–Crippen LogP) is 0.705. The summed E-state index contributed by atoms with van der Waals surface area (Å²) in [6, 6.07) is 3.76. The molecule has 1 rings (SSSR count). The van der Waals surface area contributed by atoms with Gasteiger partial charge in [-0.25, -0.2) is 9.59 Å². The lowest BCUT2D eigenvalue weighted by molar-refractivity contribution is -0.126. The smallest absolute Gasteiger partial charge is 0.337 e. The number of hydrogen-bond acceptors (Lipinski definition) is 6. The molecule has 2 N–H and O–H groups in total. The minimum Gasteiger partial charge on any atom is -0.493 e. The van der Waals surface area contributed by atoms with Crippen molar-refractivity contribution in [1.82, 2.24) is 10.6 Å². The molecule has 120 valence electrons. The second kappa shape index (κ2) is 7.87. The van der Waals surface area contributed by atoms with Crippen LogP contribution in [0.15, 0.2) is 18.2 Å². The third kappa shape index (κ3) is 4.37. The highest BCUT2D eigenvalue weighted by Gasteiger charge is 2.19. The molecular formula is C14H18N2O6. The minimum atomic E-state index is -0.935. The highest BCUT2D eigenvalue weighted by molar-refractivity contribution is 5.96. The first-order chi connectivity index (χ1) is 10.4. The van der Waals surface area contributed by atoms with Crippen LogP contribution in [0.1, 0.15) is 17.3 Å². The second-order valence-electron chi connectivity index (χ2n) is 4.19. The number of rotatable bonds is 5. The number of methoxy groups -OCH3 is 2. The number of benzene rings is 1. The zero-order valence-electron chi connectivity index (χ0n) is 12.8. The number of imide groups is 1. The molecule has 1 aromatic carbocycles. The maximum absolute atomic E-state index is 11.7. The van der Waals surface area contributed by atoms with Crippen molar-refractivity contribution in [3.05, 3.63) is 23.8 Å². The van der Waals surface area contributed by atoms with E-state index in [1.165, 1.54) is 46.4 Å². The third-order valence-electron chi connectivity index (χ3n) is 2.72. The summed E-state index contributed by atoms with van der Waals surface area (Å²) in [5.41, 5.74) is 0.286. The lowest BCUT2D eigenvalue weighted by Crippen LogP contribution is -2.44. The van der Waals surface area contributed by atoms with Crippen LogP contribution in [0.5, 0.6) is 11.5 Å².